The van der Waals surface area contributed by atoms with Gasteiger partial charge in [0.15, 0.2) is 0 Å². The van der Waals surface area contributed by atoms with E-state index in [0.717, 1.165) is 17.5 Å². The lowest BCUT2D eigenvalue weighted by molar-refractivity contribution is 0.217. The lowest BCUT2D eigenvalue weighted by Gasteiger charge is -2.25. The summed E-state index contributed by atoms with van der Waals surface area (Å²) in [5.41, 5.74) is 4.47. The Morgan fingerprint density at radius 3 is 2.35 bits per heavy atom. The summed E-state index contributed by atoms with van der Waals surface area (Å²) < 4.78 is 0. The average molecular weight is 268 g/mol. The van der Waals surface area contributed by atoms with E-state index in [2.05, 4.69) is 45.9 Å². The second-order valence-electron chi connectivity index (χ2n) is 6.34. The van der Waals surface area contributed by atoms with Gasteiger partial charge in [0.1, 0.15) is 6.10 Å². The SMILES string of the molecule is CCc1cccc(C(O)c2ccccc2C(C)(C)C)c1. The number of rotatable bonds is 3. The van der Waals surface area contributed by atoms with Gasteiger partial charge in [0.25, 0.3) is 0 Å². The minimum atomic E-state index is -0.558. The standard InChI is InChI=1S/C19H24O/c1-5-14-9-8-10-15(13-14)18(20)16-11-6-7-12-17(16)19(2,3)4/h6-13,18,20H,5H2,1-4H3. The summed E-state index contributed by atoms with van der Waals surface area (Å²) in [6, 6.07) is 16.4. The van der Waals surface area contributed by atoms with Crippen LogP contribution in [0.2, 0.25) is 0 Å². The highest BCUT2D eigenvalue weighted by atomic mass is 16.3. The van der Waals surface area contributed by atoms with Gasteiger partial charge in [0.05, 0.1) is 0 Å². The lowest BCUT2D eigenvalue weighted by atomic mass is 9.81. The molecule has 0 aliphatic carbocycles. The van der Waals surface area contributed by atoms with Gasteiger partial charge in [-0.3, -0.25) is 0 Å². The molecule has 1 atom stereocenters. The molecule has 0 saturated carbocycles. The summed E-state index contributed by atoms with van der Waals surface area (Å²) >= 11 is 0. The molecule has 0 aliphatic rings. The van der Waals surface area contributed by atoms with Crippen LogP contribution in [0.25, 0.3) is 0 Å². The Hall–Kier alpha value is -1.60. The number of hydrogen-bond acceptors (Lipinski definition) is 1. The Morgan fingerprint density at radius 2 is 1.70 bits per heavy atom. The molecular weight excluding hydrogens is 244 g/mol. The summed E-state index contributed by atoms with van der Waals surface area (Å²) in [5, 5.41) is 10.8. The molecule has 0 aromatic heterocycles. The van der Waals surface area contributed by atoms with Crippen LogP contribution in [-0.4, -0.2) is 5.11 Å². The van der Waals surface area contributed by atoms with Gasteiger partial charge in [0.2, 0.25) is 0 Å². The van der Waals surface area contributed by atoms with E-state index in [4.69, 9.17) is 0 Å². The van der Waals surface area contributed by atoms with Crippen molar-refractivity contribution < 1.29 is 5.11 Å². The summed E-state index contributed by atoms with van der Waals surface area (Å²) in [6.07, 6.45) is 0.429. The first kappa shape index (κ1) is 14.8. The van der Waals surface area contributed by atoms with Crippen molar-refractivity contribution in [3.05, 3.63) is 70.8 Å². The zero-order chi connectivity index (χ0) is 14.8. The van der Waals surface area contributed by atoms with Gasteiger partial charge >= 0.3 is 0 Å². The van der Waals surface area contributed by atoms with E-state index in [9.17, 15) is 5.11 Å². The van der Waals surface area contributed by atoms with E-state index in [1.165, 1.54) is 11.1 Å². The first-order valence-electron chi connectivity index (χ1n) is 7.29. The van der Waals surface area contributed by atoms with E-state index < -0.39 is 6.10 Å². The highest BCUT2D eigenvalue weighted by molar-refractivity contribution is 5.40. The molecule has 0 spiro atoms. The van der Waals surface area contributed by atoms with E-state index in [1.807, 2.05) is 30.3 Å². The van der Waals surface area contributed by atoms with Crippen LogP contribution in [-0.2, 0) is 11.8 Å². The minimum absolute atomic E-state index is 0.0277. The molecule has 0 amide bonds. The van der Waals surface area contributed by atoms with Crippen molar-refractivity contribution in [2.24, 2.45) is 0 Å². The summed E-state index contributed by atoms with van der Waals surface area (Å²) in [4.78, 5) is 0. The smallest absolute Gasteiger partial charge is 0.104 e. The zero-order valence-electron chi connectivity index (χ0n) is 12.9. The number of hydrogen-bond donors (Lipinski definition) is 1. The van der Waals surface area contributed by atoms with Crippen molar-refractivity contribution in [1.82, 2.24) is 0 Å². The molecule has 2 rings (SSSR count). The maximum absolute atomic E-state index is 10.8. The van der Waals surface area contributed by atoms with Crippen molar-refractivity contribution in [1.29, 1.82) is 0 Å². The summed E-state index contributed by atoms with van der Waals surface area (Å²) in [5.74, 6) is 0. The maximum Gasteiger partial charge on any atom is 0.104 e. The second-order valence-corrected chi connectivity index (χ2v) is 6.34. The van der Waals surface area contributed by atoms with Gasteiger partial charge in [-0.05, 0) is 34.1 Å². The zero-order valence-corrected chi connectivity index (χ0v) is 12.9. The molecule has 1 N–H and O–H groups in total. The van der Waals surface area contributed by atoms with Crippen LogP contribution >= 0.6 is 0 Å². The summed E-state index contributed by atoms with van der Waals surface area (Å²) in [6.45, 7) is 8.68. The maximum atomic E-state index is 10.8. The van der Waals surface area contributed by atoms with Crippen molar-refractivity contribution in [3.63, 3.8) is 0 Å². The first-order valence-corrected chi connectivity index (χ1v) is 7.29. The van der Waals surface area contributed by atoms with E-state index in [1.54, 1.807) is 0 Å². The van der Waals surface area contributed by atoms with Gasteiger partial charge < -0.3 is 5.11 Å². The molecule has 0 saturated heterocycles. The molecule has 0 fully saturated rings. The lowest BCUT2D eigenvalue weighted by Crippen LogP contribution is -2.16. The fourth-order valence-electron chi connectivity index (χ4n) is 2.58. The Kier molecular flexibility index (Phi) is 4.29. The third-order valence-corrected chi connectivity index (χ3v) is 3.74. The number of aliphatic hydroxyl groups excluding tert-OH is 1. The predicted octanol–water partition coefficient (Wildman–Crippen LogP) is 4.63. The van der Waals surface area contributed by atoms with Gasteiger partial charge in [-0.25, -0.2) is 0 Å². The highest BCUT2D eigenvalue weighted by Crippen LogP contribution is 2.32. The first-order chi connectivity index (χ1) is 9.43. The molecule has 1 nitrogen and oxygen atoms in total. The average Bonchev–Trinajstić information content (AvgIpc) is 2.45. The molecule has 0 bridgehead atoms. The topological polar surface area (TPSA) is 20.2 Å². The monoisotopic (exact) mass is 268 g/mol. The third kappa shape index (κ3) is 3.10. The molecule has 106 valence electrons. The molecule has 0 aliphatic heterocycles. The van der Waals surface area contributed by atoms with Crippen LogP contribution in [0.15, 0.2) is 48.5 Å². The molecular formula is C19H24O. The molecule has 1 unspecified atom stereocenters. The van der Waals surface area contributed by atoms with Crippen LogP contribution in [0.1, 0.15) is 56.1 Å². The van der Waals surface area contributed by atoms with Gasteiger partial charge in [-0.1, -0.05) is 76.2 Å². The molecule has 20 heavy (non-hydrogen) atoms. The van der Waals surface area contributed by atoms with E-state index in [0.29, 0.717) is 0 Å². The van der Waals surface area contributed by atoms with Crippen molar-refractivity contribution in [2.75, 3.05) is 0 Å². The van der Waals surface area contributed by atoms with Gasteiger partial charge in [0, 0.05) is 0 Å². The Labute approximate surface area is 122 Å². The molecule has 2 aromatic carbocycles. The van der Waals surface area contributed by atoms with E-state index in [-0.39, 0.29) is 5.41 Å². The van der Waals surface area contributed by atoms with E-state index >= 15 is 0 Å². The van der Waals surface area contributed by atoms with Crippen LogP contribution < -0.4 is 0 Å². The Morgan fingerprint density at radius 1 is 1.00 bits per heavy atom. The molecule has 0 radical (unpaired) electrons. The number of benzene rings is 2. The van der Waals surface area contributed by atoms with Crippen LogP contribution in [0.5, 0.6) is 0 Å². The third-order valence-electron chi connectivity index (χ3n) is 3.74. The molecule has 1 heteroatoms. The Bertz CT molecular complexity index is 578. The highest BCUT2D eigenvalue weighted by Gasteiger charge is 2.22. The molecule has 2 aromatic rings. The minimum Gasteiger partial charge on any atom is -0.384 e. The van der Waals surface area contributed by atoms with Crippen molar-refractivity contribution in [2.45, 2.75) is 45.6 Å². The Balaban J connectivity index is 2.45. The summed E-state index contributed by atoms with van der Waals surface area (Å²) in [7, 11) is 0. The largest absolute Gasteiger partial charge is 0.384 e. The van der Waals surface area contributed by atoms with Crippen molar-refractivity contribution in [3.8, 4) is 0 Å². The van der Waals surface area contributed by atoms with Crippen LogP contribution in [0.3, 0.4) is 0 Å². The van der Waals surface area contributed by atoms with Gasteiger partial charge in [-0.15, -0.1) is 0 Å². The number of aliphatic hydroxyl groups is 1. The normalized spacial score (nSPS) is 13.2. The molecule has 0 heterocycles. The predicted molar refractivity (Wildman–Crippen MR) is 85.0 cm³/mol. The van der Waals surface area contributed by atoms with Crippen LogP contribution in [0, 0.1) is 0 Å². The fourth-order valence-corrected chi connectivity index (χ4v) is 2.58. The van der Waals surface area contributed by atoms with Crippen LogP contribution in [0.4, 0.5) is 0 Å². The van der Waals surface area contributed by atoms with Gasteiger partial charge in [-0.2, -0.15) is 0 Å². The second kappa shape index (κ2) is 5.80. The number of aryl methyl sites for hydroxylation is 1. The quantitative estimate of drug-likeness (QED) is 0.860. The van der Waals surface area contributed by atoms with Crippen molar-refractivity contribution >= 4 is 0 Å². The fraction of sp³-hybridized carbons (Fsp3) is 0.368.